The molecule has 4 nitrogen and oxygen atoms in total. The van der Waals surface area contributed by atoms with Gasteiger partial charge in [0.2, 0.25) is 0 Å². The van der Waals surface area contributed by atoms with Gasteiger partial charge in [-0.25, -0.2) is 0 Å². The third-order valence-electron chi connectivity index (χ3n) is 2.34. The maximum atomic E-state index is 11.6. The Kier molecular flexibility index (Phi) is 4.98. The number of carbonyl (C=O) groups excluding carboxylic acids is 1. The van der Waals surface area contributed by atoms with Gasteiger partial charge in [0.15, 0.2) is 0 Å². The molecule has 1 rings (SSSR count). The summed E-state index contributed by atoms with van der Waals surface area (Å²) in [6.07, 6.45) is 0.845. The van der Waals surface area contributed by atoms with Crippen LogP contribution in [0, 0.1) is 5.92 Å². The van der Waals surface area contributed by atoms with Gasteiger partial charge in [-0.2, -0.15) is 0 Å². The first-order valence-corrected chi connectivity index (χ1v) is 6.05. The fourth-order valence-corrected chi connectivity index (χ4v) is 1.98. The molecule has 88 valence electrons. The second-order valence-electron chi connectivity index (χ2n) is 3.56. The molecule has 2 N–H and O–H groups in total. The zero-order valence-electron chi connectivity index (χ0n) is 9.10. The molecule has 1 unspecified atom stereocenters. The maximum absolute atomic E-state index is 11.6. The van der Waals surface area contributed by atoms with E-state index in [9.17, 15) is 9.59 Å². The second kappa shape index (κ2) is 6.27. The molecule has 1 aromatic heterocycles. The molecule has 1 amide bonds. The molecule has 0 aliphatic heterocycles. The van der Waals surface area contributed by atoms with Crippen LogP contribution in [-0.4, -0.2) is 23.5 Å². The van der Waals surface area contributed by atoms with Gasteiger partial charge in [-0.15, -0.1) is 11.3 Å². The largest absolute Gasteiger partial charge is 0.481 e. The first-order chi connectivity index (χ1) is 7.63. The SMILES string of the molecule is CCC(CNC(=O)c1cccs1)CC(=O)O. The van der Waals surface area contributed by atoms with Crippen LogP contribution in [0.4, 0.5) is 0 Å². The smallest absolute Gasteiger partial charge is 0.303 e. The van der Waals surface area contributed by atoms with E-state index in [0.717, 1.165) is 6.42 Å². The lowest BCUT2D eigenvalue weighted by molar-refractivity contribution is -0.138. The molecule has 0 saturated carbocycles. The molecule has 1 atom stereocenters. The molecule has 0 radical (unpaired) electrons. The van der Waals surface area contributed by atoms with Crippen LogP contribution in [0.15, 0.2) is 17.5 Å². The average molecular weight is 241 g/mol. The third-order valence-corrected chi connectivity index (χ3v) is 3.21. The Morgan fingerprint density at radius 1 is 1.56 bits per heavy atom. The summed E-state index contributed by atoms with van der Waals surface area (Å²) in [6, 6.07) is 3.56. The Balaban J connectivity index is 2.38. The highest BCUT2D eigenvalue weighted by Crippen LogP contribution is 2.10. The normalized spacial score (nSPS) is 12.1. The monoisotopic (exact) mass is 241 g/mol. The second-order valence-corrected chi connectivity index (χ2v) is 4.51. The summed E-state index contributed by atoms with van der Waals surface area (Å²) < 4.78 is 0. The highest BCUT2D eigenvalue weighted by atomic mass is 32.1. The molecule has 0 fully saturated rings. The molecule has 5 heteroatoms. The number of amides is 1. The minimum Gasteiger partial charge on any atom is -0.481 e. The highest BCUT2D eigenvalue weighted by molar-refractivity contribution is 7.12. The maximum Gasteiger partial charge on any atom is 0.303 e. The molecular formula is C11H15NO3S. The number of rotatable bonds is 6. The van der Waals surface area contributed by atoms with Gasteiger partial charge in [-0.1, -0.05) is 19.4 Å². The number of carboxylic acids is 1. The van der Waals surface area contributed by atoms with Gasteiger partial charge in [0, 0.05) is 13.0 Å². The van der Waals surface area contributed by atoms with Crippen molar-refractivity contribution in [2.24, 2.45) is 5.92 Å². The van der Waals surface area contributed by atoms with Crippen molar-refractivity contribution >= 4 is 23.2 Å². The lowest BCUT2D eigenvalue weighted by Crippen LogP contribution is -2.29. The summed E-state index contributed by atoms with van der Waals surface area (Å²) in [5.74, 6) is -0.947. The number of nitrogens with one attached hydrogen (secondary N) is 1. The van der Waals surface area contributed by atoms with Gasteiger partial charge in [-0.3, -0.25) is 9.59 Å². The van der Waals surface area contributed by atoms with Crippen LogP contribution in [0.1, 0.15) is 29.4 Å². The van der Waals surface area contributed by atoms with E-state index < -0.39 is 5.97 Å². The van der Waals surface area contributed by atoms with Crippen LogP contribution >= 0.6 is 11.3 Å². The molecule has 16 heavy (non-hydrogen) atoms. The number of carbonyl (C=O) groups is 2. The van der Waals surface area contributed by atoms with Gasteiger partial charge in [0.05, 0.1) is 4.88 Å². The van der Waals surface area contributed by atoms with Crippen LogP contribution < -0.4 is 5.32 Å². The van der Waals surface area contributed by atoms with Crippen molar-refractivity contribution in [3.63, 3.8) is 0 Å². The fraction of sp³-hybridized carbons (Fsp3) is 0.455. The molecular weight excluding hydrogens is 226 g/mol. The van der Waals surface area contributed by atoms with Crippen molar-refractivity contribution in [2.75, 3.05) is 6.54 Å². The van der Waals surface area contributed by atoms with Crippen LogP contribution in [0.3, 0.4) is 0 Å². The highest BCUT2D eigenvalue weighted by Gasteiger charge is 2.13. The zero-order chi connectivity index (χ0) is 12.0. The number of carboxylic acid groups (broad SMARTS) is 1. The lowest BCUT2D eigenvalue weighted by Gasteiger charge is -2.12. The fourth-order valence-electron chi connectivity index (χ4n) is 1.34. The molecule has 0 spiro atoms. The van der Waals surface area contributed by atoms with E-state index in [0.29, 0.717) is 11.4 Å². The Morgan fingerprint density at radius 3 is 2.81 bits per heavy atom. The quantitative estimate of drug-likeness (QED) is 0.800. The predicted octanol–water partition coefficient (Wildman–Crippen LogP) is 1.98. The van der Waals surface area contributed by atoms with Crippen LogP contribution in [0.25, 0.3) is 0 Å². The van der Waals surface area contributed by atoms with E-state index in [1.54, 1.807) is 6.07 Å². The van der Waals surface area contributed by atoms with Crippen molar-refractivity contribution in [1.29, 1.82) is 0 Å². The molecule has 1 heterocycles. The van der Waals surface area contributed by atoms with E-state index in [1.165, 1.54) is 11.3 Å². The molecule has 0 aromatic carbocycles. The Labute approximate surface area is 98.3 Å². The van der Waals surface area contributed by atoms with E-state index in [2.05, 4.69) is 5.32 Å². The predicted molar refractivity (Wildman–Crippen MR) is 62.7 cm³/mol. The summed E-state index contributed by atoms with van der Waals surface area (Å²) in [5, 5.41) is 13.2. The zero-order valence-corrected chi connectivity index (χ0v) is 9.92. The van der Waals surface area contributed by atoms with Crippen molar-refractivity contribution < 1.29 is 14.7 Å². The summed E-state index contributed by atoms with van der Waals surface area (Å²) in [4.78, 5) is 22.8. The van der Waals surface area contributed by atoms with Crippen molar-refractivity contribution in [3.05, 3.63) is 22.4 Å². The van der Waals surface area contributed by atoms with Crippen molar-refractivity contribution in [2.45, 2.75) is 19.8 Å². The number of thiophene rings is 1. The first kappa shape index (κ1) is 12.7. The molecule has 0 aliphatic rings. The van der Waals surface area contributed by atoms with Gasteiger partial charge in [-0.05, 0) is 17.4 Å². The first-order valence-electron chi connectivity index (χ1n) is 5.17. The van der Waals surface area contributed by atoms with Gasteiger partial charge in [0.1, 0.15) is 0 Å². The van der Waals surface area contributed by atoms with Gasteiger partial charge < -0.3 is 10.4 Å². The molecule has 0 aliphatic carbocycles. The van der Waals surface area contributed by atoms with Gasteiger partial charge in [0.25, 0.3) is 5.91 Å². The third kappa shape index (κ3) is 4.02. The van der Waals surface area contributed by atoms with Crippen LogP contribution in [-0.2, 0) is 4.79 Å². The minimum atomic E-state index is -0.822. The summed E-state index contributed by atoms with van der Waals surface area (Å²) in [7, 11) is 0. The van der Waals surface area contributed by atoms with E-state index in [-0.39, 0.29) is 18.2 Å². The van der Waals surface area contributed by atoms with E-state index in [1.807, 2.05) is 18.4 Å². The van der Waals surface area contributed by atoms with Crippen molar-refractivity contribution in [1.82, 2.24) is 5.32 Å². The number of hydrogen-bond acceptors (Lipinski definition) is 3. The minimum absolute atomic E-state index is 0.00131. The Morgan fingerprint density at radius 2 is 2.31 bits per heavy atom. The molecule has 0 saturated heterocycles. The van der Waals surface area contributed by atoms with Crippen LogP contribution in [0.2, 0.25) is 0 Å². The number of aliphatic carboxylic acids is 1. The summed E-state index contributed by atoms with van der Waals surface area (Å²) in [5.41, 5.74) is 0. The Bertz CT molecular complexity index is 348. The summed E-state index contributed by atoms with van der Waals surface area (Å²) >= 11 is 1.38. The average Bonchev–Trinajstić information content (AvgIpc) is 2.76. The lowest BCUT2D eigenvalue weighted by atomic mass is 10.0. The summed E-state index contributed by atoms with van der Waals surface area (Å²) in [6.45, 7) is 2.34. The van der Waals surface area contributed by atoms with Crippen LogP contribution in [0.5, 0.6) is 0 Å². The van der Waals surface area contributed by atoms with E-state index in [4.69, 9.17) is 5.11 Å². The molecule has 0 bridgehead atoms. The molecule has 1 aromatic rings. The van der Waals surface area contributed by atoms with E-state index >= 15 is 0 Å². The van der Waals surface area contributed by atoms with Crippen molar-refractivity contribution in [3.8, 4) is 0 Å². The topological polar surface area (TPSA) is 66.4 Å². The Hall–Kier alpha value is -1.36. The standard InChI is InChI=1S/C11H15NO3S/c1-2-8(6-10(13)14)7-12-11(15)9-4-3-5-16-9/h3-5,8H,2,6-7H2,1H3,(H,12,15)(H,13,14). The number of hydrogen-bond donors (Lipinski definition) is 2. The van der Waals surface area contributed by atoms with Gasteiger partial charge >= 0.3 is 5.97 Å².